The molecule has 8 nitrogen and oxygen atoms in total. The number of aliphatic carboxylic acids is 2. The average Bonchev–Trinajstić information content (AvgIpc) is 3.39. The van der Waals surface area contributed by atoms with E-state index in [2.05, 4.69) is 53.4 Å². The molecule has 1 amide bonds. The van der Waals surface area contributed by atoms with Gasteiger partial charge in [0.05, 0.1) is 17.3 Å². The Morgan fingerprint density at radius 3 is 2.10 bits per heavy atom. The Hall–Kier alpha value is -2.38. The summed E-state index contributed by atoms with van der Waals surface area (Å²) < 4.78 is 6.15. The zero-order valence-electron chi connectivity index (χ0n) is 32.7. The summed E-state index contributed by atoms with van der Waals surface area (Å²) >= 11 is 0. The molecule has 0 aromatic heterocycles. The van der Waals surface area contributed by atoms with Gasteiger partial charge in [0, 0.05) is 5.41 Å². The Labute approximate surface area is 301 Å². The molecule has 11 atom stereocenters. The van der Waals surface area contributed by atoms with Gasteiger partial charge < -0.3 is 20.3 Å². The van der Waals surface area contributed by atoms with Crippen LogP contribution in [-0.2, 0) is 23.9 Å². The Bertz CT molecular complexity index is 1400. The first-order valence-electron chi connectivity index (χ1n) is 19.6. The quantitative estimate of drug-likeness (QED) is 0.154. The largest absolute Gasteiger partial charge is 0.481 e. The monoisotopic (exact) mass is 697 g/mol. The van der Waals surface area contributed by atoms with Gasteiger partial charge in [-0.05, 0) is 143 Å². The van der Waals surface area contributed by atoms with Crippen LogP contribution in [0.1, 0.15) is 146 Å². The van der Waals surface area contributed by atoms with Crippen molar-refractivity contribution in [1.29, 1.82) is 0 Å². The lowest BCUT2D eigenvalue weighted by molar-refractivity contribution is -0.249. The van der Waals surface area contributed by atoms with Crippen LogP contribution in [0.4, 0.5) is 0 Å². The Morgan fingerprint density at radius 1 is 0.860 bits per heavy atom. The molecule has 0 spiro atoms. The van der Waals surface area contributed by atoms with Crippen molar-refractivity contribution < 1.29 is 34.1 Å². The number of carboxylic acid groups (broad SMARTS) is 2. The topological polar surface area (TPSA) is 130 Å². The minimum atomic E-state index is -1.17. The SMILES string of the molecule is C=C(C)[C@@H]1CC[C@]2(C(=O)N[C@@H](CC(C)C)C(=O)O)CC[C@]3(C)[C@H](CC[C@@H]4[C@@]5(C)CC[C@H](OC(=O)CC(C)(C)C(=O)O)C(C)(C)[C@@H]5CC[C@]43C)[C@@H]12. The first-order chi connectivity index (χ1) is 23.0. The molecule has 0 saturated heterocycles. The van der Waals surface area contributed by atoms with Gasteiger partial charge in [-0.15, -0.1) is 0 Å². The third-order valence-electron chi connectivity index (χ3n) is 16.2. The number of fused-ring (bicyclic) bond motifs is 7. The van der Waals surface area contributed by atoms with Crippen LogP contribution in [0, 0.1) is 68.0 Å². The predicted molar refractivity (Wildman–Crippen MR) is 194 cm³/mol. The molecule has 8 heteroatoms. The molecule has 0 unspecified atom stereocenters. The summed E-state index contributed by atoms with van der Waals surface area (Å²) in [5.41, 5.74) is -0.680. The maximum absolute atomic E-state index is 14.5. The van der Waals surface area contributed by atoms with Crippen LogP contribution in [0.2, 0.25) is 0 Å². The molecule has 5 rings (SSSR count). The van der Waals surface area contributed by atoms with Gasteiger partial charge >= 0.3 is 17.9 Å². The summed E-state index contributed by atoms with van der Waals surface area (Å²) in [5, 5.41) is 22.7. The van der Waals surface area contributed by atoms with Gasteiger partial charge in [-0.3, -0.25) is 14.4 Å². The highest BCUT2D eigenvalue weighted by atomic mass is 16.5. The van der Waals surface area contributed by atoms with Crippen LogP contribution in [0.15, 0.2) is 12.2 Å². The molecule has 5 aliphatic rings. The fourth-order valence-corrected chi connectivity index (χ4v) is 13.4. The van der Waals surface area contributed by atoms with E-state index in [0.29, 0.717) is 24.2 Å². The highest BCUT2D eigenvalue weighted by Crippen LogP contribution is 2.77. The van der Waals surface area contributed by atoms with Gasteiger partial charge in [0.1, 0.15) is 12.1 Å². The molecule has 5 saturated carbocycles. The summed E-state index contributed by atoms with van der Waals surface area (Å²) in [5.74, 6) is -0.658. The molecule has 5 fully saturated rings. The molecule has 50 heavy (non-hydrogen) atoms. The number of rotatable bonds is 10. The van der Waals surface area contributed by atoms with Crippen molar-refractivity contribution >= 4 is 23.8 Å². The maximum atomic E-state index is 14.5. The number of nitrogens with one attached hydrogen (secondary N) is 1. The van der Waals surface area contributed by atoms with Gasteiger partial charge in [-0.1, -0.05) is 60.6 Å². The second-order valence-corrected chi connectivity index (χ2v) is 20.0. The lowest BCUT2D eigenvalue weighted by Crippen LogP contribution is -2.67. The van der Waals surface area contributed by atoms with Crippen LogP contribution < -0.4 is 5.32 Å². The fourth-order valence-electron chi connectivity index (χ4n) is 13.4. The van der Waals surface area contributed by atoms with E-state index < -0.39 is 34.8 Å². The normalized spacial score (nSPS) is 41.1. The molecule has 3 N–H and O–H groups in total. The summed E-state index contributed by atoms with van der Waals surface area (Å²) in [6, 6.07) is -0.875. The summed E-state index contributed by atoms with van der Waals surface area (Å²) in [6.45, 7) is 25.8. The smallest absolute Gasteiger partial charge is 0.326 e. The Morgan fingerprint density at radius 2 is 1.52 bits per heavy atom. The standard InChI is InChI=1S/C42H67NO7/c1-24(2)22-28(34(45)46)43-35(47)42-19-14-26(25(3)4)33(42)27-12-13-30-39(9)17-16-31(50-32(44)23-37(5,6)36(48)49)38(7,8)29(39)15-18-41(30,11)40(27,10)20-21-42/h24,26-31,33H,3,12-23H2,1-2,4-11H3,(H,43,47)(H,45,46)(H,48,49)/t26-,27+,28-,29-,30+,31-,33+,39-,40+,41+,42-/m0/s1. The highest BCUT2D eigenvalue weighted by molar-refractivity contribution is 5.88. The zero-order chi connectivity index (χ0) is 37.4. The van der Waals surface area contributed by atoms with E-state index >= 15 is 0 Å². The predicted octanol–water partition coefficient (Wildman–Crippen LogP) is 8.67. The van der Waals surface area contributed by atoms with Crippen molar-refractivity contribution in [1.82, 2.24) is 5.32 Å². The molecule has 5 aliphatic carbocycles. The number of carbonyl (C=O) groups excluding carboxylic acids is 2. The number of hydrogen-bond donors (Lipinski definition) is 3. The van der Waals surface area contributed by atoms with Crippen LogP contribution in [0.3, 0.4) is 0 Å². The first kappa shape index (κ1) is 38.8. The van der Waals surface area contributed by atoms with E-state index in [1.807, 2.05) is 13.8 Å². The molecule has 0 bridgehead atoms. The first-order valence-corrected chi connectivity index (χ1v) is 19.6. The van der Waals surface area contributed by atoms with Crippen LogP contribution in [0.25, 0.3) is 0 Å². The molecule has 0 heterocycles. The number of esters is 1. The van der Waals surface area contributed by atoms with Crippen molar-refractivity contribution in [2.75, 3.05) is 0 Å². The van der Waals surface area contributed by atoms with E-state index in [4.69, 9.17) is 4.74 Å². The number of allylic oxidation sites excluding steroid dienone is 1. The highest BCUT2D eigenvalue weighted by Gasteiger charge is 2.72. The Balaban J connectivity index is 1.42. The van der Waals surface area contributed by atoms with Crippen molar-refractivity contribution in [3.8, 4) is 0 Å². The molecule has 0 aliphatic heterocycles. The molecule has 0 radical (unpaired) electrons. The summed E-state index contributed by atoms with van der Waals surface area (Å²) in [4.78, 5) is 51.5. The van der Waals surface area contributed by atoms with Crippen molar-refractivity contribution in [3.05, 3.63) is 12.2 Å². The third-order valence-corrected chi connectivity index (χ3v) is 16.2. The molecule has 0 aromatic carbocycles. The fraction of sp³-hybridized carbons (Fsp3) is 0.857. The van der Waals surface area contributed by atoms with Gasteiger partial charge in [0.25, 0.3) is 0 Å². The third kappa shape index (κ3) is 5.94. The number of carboxylic acids is 2. The maximum Gasteiger partial charge on any atom is 0.326 e. The van der Waals surface area contributed by atoms with Crippen molar-refractivity contribution in [2.24, 2.45) is 68.0 Å². The van der Waals surface area contributed by atoms with Crippen molar-refractivity contribution in [3.63, 3.8) is 0 Å². The second-order valence-electron chi connectivity index (χ2n) is 20.0. The van der Waals surface area contributed by atoms with Crippen LogP contribution in [0.5, 0.6) is 0 Å². The van der Waals surface area contributed by atoms with Gasteiger partial charge in [0.2, 0.25) is 5.91 Å². The van der Waals surface area contributed by atoms with E-state index in [1.165, 1.54) is 0 Å². The van der Waals surface area contributed by atoms with Gasteiger partial charge in [-0.25, -0.2) is 4.79 Å². The van der Waals surface area contributed by atoms with Crippen LogP contribution in [-0.4, -0.2) is 46.2 Å². The number of carbonyl (C=O) groups is 4. The molecule has 282 valence electrons. The Kier molecular flexibility index (Phi) is 10.0. The van der Waals surface area contributed by atoms with Crippen molar-refractivity contribution in [2.45, 2.75) is 158 Å². The summed E-state index contributed by atoms with van der Waals surface area (Å²) in [7, 11) is 0. The zero-order valence-corrected chi connectivity index (χ0v) is 32.7. The average molecular weight is 698 g/mol. The number of hydrogen-bond acceptors (Lipinski definition) is 5. The van der Waals surface area contributed by atoms with E-state index in [9.17, 15) is 29.4 Å². The lowest BCUT2D eigenvalue weighted by Gasteiger charge is -2.72. The van der Waals surface area contributed by atoms with E-state index in [-0.39, 0.29) is 57.8 Å². The van der Waals surface area contributed by atoms with Gasteiger partial charge in [-0.2, -0.15) is 0 Å². The number of amides is 1. The minimum absolute atomic E-state index is 0.0242. The molecular formula is C42H67NO7. The van der Waals surface area contributed by atoms with Gasteiger partial charge in [0.15, 0.2) is 0 Å². The number of ether oxygens (including phenoxy) is 1. The van der Waals surface area contributed by atoms with E-state index in [0.717, 1.165) is 69.8 Å². The lowest BCUT2D eigenvalue weighted by atomic mass is 9.32. The second kappa shape index (κ2) is 12.9. The summed E-state index contributed by atoms with van der Waals surface area (Å²) in [6.07, 6.45) is 9.53. The minimum Gasteiger partial charge on any atom is -0.481 e. The van der Waals surface area contributed by atoms with E-state index in [1.54, 1.807) is 13.8 Å². The molecular weight excluding hydrogens is 630 g/mol. The molecule has 0 aromatic rings. The van der Waals surface area contributed by atoms with Crippen LogP contribution >= 0.6 is 0 Å².